The van der Waals surface area contributed by atoms with Crippen LogP contribution in [0.15, 0.2) is 18.2 Å². The molecule has 1 aromatic heterocycles. The quantitative estimate of drug-likeness (QED) is 0.926. The Morgan fingerprint density at radius 2 is 2.00 bits per heavy atom. The molecule has 4 nitrogen and oxygen atoms in total. The molecule has 0 aliphatic carbocycles. The van der Waals surface area contributed by atoms with E-state index in [1.165, 1.54) is 11.3 Å². The van der Waals surface area contributed by atoms with Gasteiger partial charge in [0.15, 0.2) is 0 Å². The molecule has 1 aliphatic rings. The molecule has 1 aromatic carbocycles. The first-order valence-corrected chi connectivity index (χ1v) is 7.64. The first-order chi connectivity index (χ1) is 9.56. The number of carboxylic acid groups (broad SMARTS) is 1. The fourth-order valence-corrected chi connectivity index (χ4v) is 3.84. The molecule has 0 amide bonds. The lowest BCUT2D eigenvalue weighted by Gasteiger charge is -2.34. The van der Waals surface area contributed by atoms with Gasteiger partial charge >= 0.3 is 5.97 Å². The van der Waals surface area contributed by atoms with Crippen LogP contribution in [-0.4, -0.2) is 49.2 Å². The van der Waals surface area contributed by atoms with Crippen molar-refractivity contribution >= 4 is 44.7 Å². The van der Waals surface area contributed by atoms with Crippen LogP contribution >= 0.6 is 22.9 Å². The fraction of sp³-hybridized carbons (Fsp3) is 0.357. The highest BCUT2D eigenvalue weighted by molar-refractivity contribution is 7.21. The summed E-state index contributed by atoms with van der Waals surface area (Å²) < 4.78 is 0.934. The van der Waals surface area contributed by atoms with Crippen LogP contribution in [0, 0.1) is 0 Å². The number of aromatic carboxylic acids is 1. The maximum Gasteiger partial charge on any atom is 0.347 e. The Hall–Kier alpha value is -1.30. The van der Waals surface area contributed by atoms with E-state index in [2.05, 4.69) is 16.8 Å². The van der Waals surface area contributed by atoms with Gasteiger partial charge in [-0.25, -0.2) is 4.79 Å². The molecule has 1 fully saturated rings. The summed E-state index contributed by atoms with van der Waals surface area (Å²) in [6, 6.07) is 6.00. The summed E-state index contributed by atoms with van der Waals surface area (Å²) in [5, 5.41) is 10.3. The molecule has 0 bridgehead atoms. The molecule has 1 aliphatic heterocycles. The van der Waals surface area contributed by atoms with E-state index >= 15 is 0 Å². The van der Waals surface area contributed by atoms with E-state index in [0.717, 1.165) is 42.0 Å². The molecule has 0 saturated carbocycles. The van der Waals surface area contributed by atoms with Crippen LogP contribution in [0.25, 0.3) is 10.1 Å². The summed E-state index contributed by atoms with van der Waals surface area (Å²) >= 11 is 7.36. The molecule has 2 aromatic rings. The van der Waals surface area contributed by atoms with Crippen LogP contribution in [0.2, 0.25) is 5.02 Å². The predicted octanol–water partition coefficient (Wildman–Crippen LogP) is 3.00. The van der Waals surface area contributed by atoms with Gasteiger partial charge in [-0.1, -0.05) is 11.6 Å². The van der Waals surface area contributed by atoms with Gasteiger partial charge in [0.05, 0.1) is 5.02 Å². The van der Waals surface area contributed by atoms with Crippen molar-refractivity contribution < 1.29 is 9.90 Å². The fourth-order valence-electron chi connectivity index (χ4n) is 2.45. The van der Waals surface area contributed by atoms with Crippen LogP contribution in [0.4, 0.5) is 5.69 Å². The Bertz CT molecular complexity index is 662. The van der Waals surface area contributed by atoms with Crippen molar-refractivity contribution in [1.82, 2.24) is 4.90 Å². The van der Waals surface area contributed by atoms with Gasteiger partial charge in [0.2, 0.25) is 0 Å². The highest BCUT2D eigenvalue weighted by Crippen LogP contribution is 2.37. The zero-order valence-electron chi connectivity index (χ0n) is 11.1. The Labute approximate surface area is 126 Å². The van der Waals surface area contributed by atoms with Gasteiger partial charge in [0, 0.05) is 42.0 Å². The third-order valence-electron chi connectivity index (χ3n) is 3.68. The monoisotopic (exact) mass is 310 g/mol. The normalized spacial score (nSPS) is 16.8. The standard InChI is InChI=1S/C14H15ClN2O2S/c1-16-4-6-17(7-5-16)9-2-3-10-11(8-9)20-13(12(10)15)14(18)19/h2-3,8H,4-7H2,1H3,(H,18,19). The van der Waals surface area contributed by atoms with Crippen LogP contribution in [-0.2, 0) is 0 Å². The molecule has 1 saturated heterocycles. The van der Waals surface area contributed by atoms with Gasteiger partial charge in [0.1, 0.15) is 4.88 Å². The van der Waals surface area contributed by atoms with Crippen molar-refractivity contribution in [3.8, 4) is 0 Å². The van der Waals surface area contributed by atoms with E-state index in [1.54, 1.807) is 0 Å². The average Bonchev–Trinajstić information content (AvgIpc) is 2.77. The summed E-state index contributed by atoms with van der Waals surface area (Å²) in [6.45, 7) is 4.08. The van der Waals surface area contributed by atoms with Gasteiger partial charge in [-0.2, -0.15) is 0 Å². The Kier molecular flexibility index (Phi) is 3.58. The molecule has 1 N–H and O–H groups in total. The maximum atomic E-state index is 11.1. The van der Waals surface area contributed by atoms with Gasteiger partial charge in [-0.15, -0.1) is 11.3 Å². The number of carbonyl (C=O) groups is 1. The number of likely N-dealkylation sites (N-methyl/N-ethyl adjacent to an activating group) is 1. The molecule has 0 spiro atoms. The molecule has 2 heterocycles. The van der Waals surface area contributed by atoms with Crippen molar-refractivity contribution in [3.63, 3.8) is 0 Å². The second-order valence-electron chi connectivity index (χ2n) is 5.02. The maximum absolute atomic E-state index is 11.1. The van der Waals surface area contributed by atoms with Crippen molar-refractivity contribution in [3.05, 3.63) is 28.1 Å². The van der Waals surface area contributed by atoms with Crippen molar-refractivity contribution in [2.45, 2.75) is 0 Å². The lowest BCUT2D eigenvalue weighted by molar-refractivity contribution is 0.0702. The number of anilines is 1. The van der Waals surface area contributed by atoms with Gasteiger partial charge in [-0.3, -0.25) is 0 Å². The number of hydrogen-bond acceptors (Lipinski definition) is 4. The summed E-state index contributed by atoms with van der Waals surface area (Å²) in [7, 11) is 2.12. The first kappa shape index (κ1) is 13.7. The SMILES string of the molecule is CN1CCN(c2ccc3c(Cl)c(C(=O)O)sc3c2)CC1. The van der Waals surface area contributed by atoms with E-state index in [-0.39, 0.29) is 4.88 Å². The minimum Gasteiger partial charge on any atom is -0.477 e. The largest absolute Gasteiger partial charge is 0.477 e. The van der Waals surface area contributed by atoms with E-state index in [4.69, 9.17) is 16.7 Å². The van der Waals surface area contributed by atoms with Crippen molar-refractivity contribution in [2.75, 3.05) is 38.1 Å². The molecule has 0 radical (unpaired) electrons. The second-order valence-corrected chi connectivity index (χ2v) is 6.45. The van der Waals surface area contributed by atoms with Gasteiger partial charge < -0.3 is 14.9 Å². The molecule has 6 heteroatoms. The van der Waals surface area contributed by atoms with E-state index < -0.39 is 5.97 Å². The summed E-state index contributed by atoms with van der Waals surface area (Å²) in [6.07, 6.45) is 0. The number of benzene rings is 1. The number of carboxylic acids is 1. The summed E-state index contributed by atoms with van der Waals surface area (Å²) in [5.41, 5.74) is 1.14. The van der Waals surface area contributed by atoms with Crippen molar-refractivity contribution in [2.24, 2.45) is 0 Å². The summed E-state index contributed by atoms with van der Waals surface area (Å²) in [4.78, 5) is 16.0. The topological polar surface area (TPSA) is 43.8 Å². The van der Waals surface area contributed by atoms with E-state index in [1.807, 2.05) is 18.2 Å². The number of halogens is 1. The lowest BCUT2D eigenvalue weighted by Crippen LogP contribution is -2.44. The Balaban J connectivity index is 1.96. The van der Waals surface area contributed by atoms with Crippen LogP contribution in [0.3, 0.4) is 0 Å². The number of rotatable bonds is 2. The van der Waals surface area contributed by atoms with Crippen molar-refractivity contribution in [1.29, 1.82) is 0 Å². The molecule has 20 heavy (non-hydrogen) atoms. The first-order valence-electron chi connectivity index (χ1n) is 6.45. The van der Waals surface area contributed by atoms with Gasteiger partial charge in [0.25, 0.3) is 0 Å². The molecular weight excluding hydrogens is 296 g/mol. The molecule has 106 valence electrons. The third kappa shape index (κ3) is 2.37. The highest BCUT2D eigenvalue weighted by atomic mass is 35.5. The lowest BCUT2D eigenvalue weighted by atomic mass is 10.2. The number of nitrogens with zero attached hydrogens (tertiary/aromatic N) is 2. The Morgan fingerprint density at radius 3 is 2.65 bits per heavy atom. The zero-order valence-corrected chi connectivity index (χ0v) is 12.7. The molecular formula is C14H15ClN2O2S. The van der Waals surface area contributed by atoms with Crippen LogP contribution in [0.5, 0.6) is 0 Å². The van der Waals surface area contributed by atoms with Gasteiger partial charge in [-0.05, 0) is 25.2 Å². The second kappa shape index (κ2) is 5.24. The van der Waals surface area contributed by atoms with E-state index in [0.29, 0.717) is 5.02 Å². The number of piperazine rings is 1. The number of thiophene rings is 1. The number of hydrogen-bond donors (Lipinski definition) is 1. The Morgan fingerprint density at radius 1 is 1.30 bits per heavy atom. The minimum atomic E-state index is -0.961. The predicted molar refractivity (Wildman–Crippen MR) is 83.5 cm³/mol. The zero-order chi connectivity index (χ0) is 14.3. The molecule has 3 rings (SSSR count). The van der Waals surface area contributed by atoms with Crippen LogP contribution < -0.4 is 4.90 Å². The average molecular weight is 311 g/mol. The highest BCUT2D eigenvalue weighted by Gasteiger charge is 2.18. The third-order valence-corrected chi connectivity index (χ3v) is 5.32. The molecule has 0 atom stereocenters. The van der Waals surface area contributed by atoms with Crippen LogP contribution in [0.1, 0.15) is 9.67 Å². The minimum absolute atomic E-state index is 0.220. The smallest absolute Gasteiger partial charge is 0.347 e. The molecule has 0 unspecified atom stereocenters. The summed E-state index contributed by atoms with van der Waals surface area (Å²) in [5.74, 6) is -0.961. The number of fused-ring (bicyclic) bond motifs is 1. The van der Waals surface area contributed by atoms with E-state index in [9.17, 15) is 4.79 Å².